The van der Waals surface area contributed by atoms with Crippen LogP contribution in [0.15, 0.2) is 48.5 Å². The molecule has 6 nitrogen and oxygen atoms in total. The van der Waals surface area contributed by atoms with E-state index in [0.29, 0.717) is 6.61 Å². The van der Waals surface area contributed by atoms with Gasteiger partial charge < -0.3 is 14.9 Å². The Bertz CT molecular complexity index is 892. The monoisotopic (exact) mass is 423 g/mol. The summed E-state index contributed by atoms with van der Waals surface area (Å²) in [6.07, 6.45) is 2.61. The summed E-state index contributed by atoms with van der Waals surface area (Å²) in [5.41, 5.74) is 3.38. The molecule has 0 spiro atoms. The number of carboxylic acids is 1. The molecule has 1 heterocycles. The lowest BCUT2D eigenvalue weighted by atomic mass is 9.96. The molecule has 164 valence electrons. The summed E-state index contributed by atoms with van der Waals surface area (Å²) < 4.78 is 5.93. The minimum absolute atomic E-state index is 0.00482. The van der Waals surface area contributed by atoms with Crippen LogP contribution >= 0.6 is 0 Å². The molecule has 0 unspecified atom stereocenters. The number of hydrogen-bond acceptors (Lipinski definition) is 4. The summed E-state index contributed by atoms with van der Waals surface area (Å²) in [6, 6.07) is 16.1. The Morgan fingerprint density at radius 2 is 1.81 bits per heavy atom. The van der Waals surface area contributed by atoms with Gasteiger partial charge in [0.25, 0.3) is 6.47 Å². The summed E-state index contributed by atoms with van der Waals surface area (Å²) in [5.74, 6) is 5.42. The van der Waals surface area contributed by atoms with Gasteiger partial charge in [-0.25, -0.2) is 0 Å². The van der Waals surface area contributed by atoms with Crippen molar-refractivity contribution in [3.8, 4) is 17.6 Å². The Labute approximate surface area is 183 Å². The van der Waals surface area contributed by atoms with Crippen molar-refractivity contribution < 1.29 is 24.5 Å². The van der Waals surface area contributed by atoms with Crippen LogP contribution in [-0.2, 0) is 22.7 Å². The topological polar surface area (TPSA) is 87.1 Å². The maximum absolute atomic E-state index is 11.0. The van der Waals surface area contributed by atoms with E-state index in [9.17, 15) is 4.79 Å². The molecule has 1 aliphatic heterocycles. The molecule has 0 aromatic heterocycles. The highest BCUT2D eigenvalue weighted by Gasteiger charge is 2.13. The number of hydrogen-bond donors (Lipinski definition) is 2. The van der Waals surface area contributed by atoms with Crippen LogP contribution in [0, 0.1) is 11.8 Å². The number of carboxylic acid groups (broad SMARTS) is 2. The van der Waals surface area contributed by atoms with Crippen molar-refractivity contribution in [1.29, 1.82) is 0 Å². The Morgan fingerprint density at radius 1 is 1.16 bits per heavy atom. The van der Waals surface area contributed by atoms with Crippen LogP contribution in [-0.4, -0.2) is 40.6 Å². The Morgan fingerprint density at radius 3 is 2.42 bits per heavy atom. The van der Waals surface area contributed by atoms with Gasteiger partial charge >= 0.3 is 5.97 Å². The molecule has 0 aliphatic carbocycles. The van der Waals surface area contributed by atoms with Gasteiger partial charge in [0.05, 0.1) is 12.3 Å². The van der Waals surface area contributed by atoms with Crippen molar-refractivity contribution in [1.82, 2.24) is 4.90 Å². The summed E-state index contributed by atoms with van der Waals surface area (Å²) in [5, 5.41) is 15.9. The molecule has 31 heavy (non-hydrogen) atoms. The first-order valence-corrected chi connectivity index (χ1v) is 10.3. The smallest absolute Gasteiger partial charge is 0.304 e. The molecule has 0 bridgehead atoms. The van der Waals surface area contributed by atoms with Crippen LogP contribution in [0.3, 0.4) is 0 Å². The molecule has 1 saturated heterocycles. The van der Waals surface area contributed by atoms with E-state index >= 15 is 0 Å². The molecule has 2 N–H and O–H groups in total. The average molecular weight is 424 g/mol. The zero-order valence-electron chi connectivity index (χ0n) is 17.8. The summed E-state index contributed by atoms with van der Waals surface area (Å²) >= 11 is 0. The Hall–Kier alpha value is -3.30. The molecule has 6 heteroatoms. The fourth-order valence-electron chi connectivity index (χ4n) is 3.58. The summed E-state index contributed by atoms with van der Waals surface area (Å²) in [7, 11) is 0. The van der Waals surface area contributed by atoms with E-state index in [1.165, 1.54) is 31.5 Å². The van der Waals surface area contributed by atoms with Gasteiger partial charge in [0, 0.05) is 6.54 Å². The van der Waals surface area contributed by atoms with E-state index in [1.807, 2.05) is 24.3 Å². The van der Waals surface area contributed by atoms with Crippen LogP contribution in [0.4, 0.5) is 0 Å². The van der Waals surface area contributed by atoms with Crippen LogP contribution in [0.1, 0.15) is 48.8 Å². The second-order valence-electron chi connectivity index (χ2n) is 7.31. The molecule has 0 saturated carbocycles. The summed E-state index contributed by atoms with van der Waals surface area (Å²) in [4.78, 5) is 21.9. The first kappa shape index (κ1) is 24.0. The fraction of sp³-hybridized carbons (Fsp3) is 0.360. The van der Waals surface area contributed by atoms with Gasteiger partial charge in [0.2, 0.25) is 0 Å². The summed E-state index contributed by atoms with van der Waals surface area (Å²) in [6.45, 7) is 5.38. The average Bonchev–Trinajstić information content (AvgIpc) is 3.26. The van der Waals surface area contributed by atoms with Crippen LogP contribution in [0.2, 0.25) is 0 Å². The van der Waals surface area contributed by atoms with Gasteiger partial charge in [-0.05, 0) is 61.7 Å². The van der Waals surface area contributed by atoms with Gasteiger partial charge in [0.15, 0.2) is 0 Å². The van der Waals surface area contributed by atoms with Gasteiger partial charge in [-0.1, -0.05) is 42.3 Å². The molecule has 1 atom stereocenters. The molecule has 3 rings (SSSR count). The first-order valence-electron chi connectivity index (χ1n) is 10.3. The fourth-order valence-corrected chi connectivity index (χ4v) is 3.58. The standard InChI is InChI=1S/C24H27NO3.CH2O2/c1-2-6-22(16-24(26)27)21-9-11-23(12-10-21)28-18-20-8-5-7-19(15-20)17-25-13-3-4-14-25;2-1-3/h5,7-12,15,22H,3-4,13-14,16-18H2,1H3,(H,26,27);1H,(H,2,3)/t22-;/m0./s1. The highest BCUT2D eigenvalue weighted by Crippen LogP contribution is 2.23. The van der Waals surface area contributed by atoms with Crippen molar-refractivity contribution in [3.63, 3.8) is 0 Å². The number of carbonyl (C=O) groups is 2. The van der Waals surface area contributed by atoms with Crippen molar-refractivity contribution in [2.24, 2.45) is 0 Å². The quantitative estimate of drug-likeness (QED) is 0.490. The van der Waals surface area contributed by atoms with Gasteiger partial charge in [-0.2, -0.15) is 0 Å². The molecule has 0 radical (unpaired) electrons. The van der Waals surface area contributed by atoms with Gasteiger partial charge in [-0.3, -0.25) is 14.5 Å². The lowest BCUT2D eigenvalue weighted by Gasteiger charge is -2.15. The van der Waals surface area contributed by atoms with E-state index in [0.717, 1.165) is 23.4 Å². The molecule has 1 aliphatic rings. The maximum Gasteiger partial charge on any atom is 0.304 e. The number of ether oxygens (including phenoxy) is 1. The van der Waals surface area contributed by atoms with E-state index in [-0.39, 0.29) is 18.8 Å². The van der Waals surface area contributed by atoms with E-state index in [2.05, 4.69) is 41.0 Å². The van der Waals surface area contributed by atoms with E-state index < -0.39 is 5.97 Å². The molecule has 1 fully saturated rings. The van der Waals surface area contributed by atoms with E-state index in [4.69, 9.17) is 19.7 Å². The van der Waals surface area contributed by atoms with Crippen LogP contribution in [0.5, 0.6) is 5.75 Å². The minimum Gasteiger partial charge on any atom is -0.489 e. The van der Waals surface area contributed by atoms with Gasteiger partial charge in [-0.15, -0.1) is 5.92 Å². The zero-order valence-corrected chi connectivity index (χ0v) is 17.8. The third-order valence-corrected chi connectivity index (χ3v) is 4.98. The maximum atomic E-state index is 11.0. The van der Waals surface area contributed by atoms with Crippen LogP contribution in [0.25, 0.3) is 0 Å². The predicted octanol–water partition coefficient (Wildman–Crippen LogP) is 4.14. The third-order valence-electron chi connectivity index (χ3n) is 4.98. The third kappa shape index (κ3) is 8.53. The minimum atomic E-state index is -0.845. The lowest BCUT2D eigenvalue weighted by molar-refractivity contribution is -0.137. The van der Waals surface area contributed by atoms with Gasteiger partial charge in [0.1, 0.15) is 12.4 Å². The van der Waals surface area contributed by atoms with Crippen molar-refractivity contribution in [2.45, 2.75) is 45.3 Å². The number of rotatable bonds is 8. The van der Waals surface area contributed by atoms with Crippen molar-refractivity contribution in [3.05, 3.63) is 65.2 Å². The number of likely N-dealkylation sites (tertiary alicyclic amines) is 1. The molecule has 0 amide bonds. The molecular weight excluding hydrogens is 394 g/mol. The number of nitrogens with zero attached hydrogens (tertiary/aromatic N) is 1. The second kappa shape index (κ2) is 13.1. The number of benzene rings is 2. The first-order chi connectivity index (χ1) is 15.0. The molecule has 2 aromatic rings. The number of aliphatic carboxylic acids is 1. The van der Waals surface area contributed by atoms with E-state index in [1.54, 1.807) is 6.92 Å². The Balaban J connectivity index is 0.00000107. The largest absolute Gasteiger partial charge is 0.489 e. The highest BCUT2D eigenvalue weighted by atomic mass is 16.5. The Kier molecular flexibility index (Phi) is 10.1. The van der Waals surface area contributed by atoms with Crippen molar-refractivity contribution >= 4 is 12.4 Å². The van der Waals surface area contributed by atoms with Crippen molar-refractivity contribution in [2.75, 3.05) is 13.1 Å². The normalized spacial score (nSPS) is 13.8. The zero-order chi connectivity index (χ0) is 22.5. The predicted molar refractivity (Wildman–Crippen MR) is 119 cm³/mol. The second-order valence-corrected chi connectivity index (χ2v) is 7.31. The molecule has 2 aromatic carbocycles. The molecular formula is C25H29NO5. The highest BCUT2D eigenvalue weighted by molar-refractivity contribution is 5.69. The van der Waals surface area contributed by atoms with Crippen LogP contribution < -0.4 is 4.74 Å². The SMILES string of the molecule is CC#C[C@@H](CC(=O)O)c1ccc(OCc2cccc(CN3CCCC3)c2)cc1.O=CO. The lowest BCUT2D eigenvalue weighted by Crippen LogP contribution is -2.18.